The zero-order valence-electron chi connectivity index (χ0n) is 12.0. The predicted octanol–water partition coefficient (Wildman–Crippen LogP) is 2.01. The van der Waals surface area contributed by atoms with Gasteiger partial charge in [-0.25, -0.2) is 0 Å². The molecule has 110 valence electrons. The maximum atomic E-state index is 12.3. The van der Waals surface area contributed by atoms with Crippen molar-refractivity contribution in [3.63, 3.8) is 0 Å². The Hall–Kier alpha value is -2.14. The van der Waals surface area contributed by atoms with E-state index in [9.17, 15) is 4.79 Å². The molecule has 5 heteroatoms. The van der Waals surface area contributed by atoms with Crippen LogP contribution in [0.4, 0.5) is 5.69 Å². The summed E-state index contributed by atoms with van der Waals surface area (Å²) in [7, 11) is 0. The number of hydrogen-bond donors (Lipinski definition) is 2. The van der Waals surface area contributed by atoms with Crippen molar-refractivity contribution in [2.24, 2.45) is 0 Å². The van der Waals surface area contributed by atoms with Crippen LogP contribution in [0.15, 0.2) is 42.7 Å². The van der Waals surface area contributed by atoms with Crippen LogP contribution in [0.2, 0.25) is 0 Å². The Bertz CT molecular complexity index is 588. The highest BCUT2D eigenvalue weighted by Crippen LogP contribution is 2.17. The topological polar surface area (TPSA) is 59.0 Å². The molecule has 2 heterocycles. The first-order chi connectivity index (χ1) is 10.3. The SMILES string of the molecule is O=C(Nc1ccccc1Cn1cccn1)[C@@H]1CCCCN1. The normalized spacial score (nSPS) is 18.4. The smallest absolute Gasteiger partial charge is 0.241 e. The lowest BCUT2D eigenvalue weighted by Crippen LogP contribution is -2.43. The standard InChI is InChI=1S/C16H20N4O/c21-16(15-8-3-4-9-17-15)19-14-7-2-1-6-13(14)12-20-11-5-10-18-20/h1-2,5-7,10-11,15,17H,3-4,8-9,12H2,(H,19,21)/t15-/m0/s1. The molecule has 1 aromatic heterocycles. The molecule has 0 aliphatic carbocycles. The molecule has 0 unspecified atom stereocenters. The first-order valence-electron chi connectivity index (χ1n) is 7.42. The molecule has 5 nitrogen and oxygen atoms in total. The average Bonchev–Trinajstić information content (AvgIpc) is 3.03. The van der Waals surface area contributed by atoms with E-state index >= 15 is 0 Å². The molecule has 21 heavy (non-hydrogen) atoms. The second kappa shape index (κ2) is 6.54. The number of aromatic nitrogens is 2. The van der Waals surface area contributed by atoms with E-state index in [0.717, 1.165) is 37.1 Å². The minimum Gasteiger partial charge on any atom is -0.324 e. The zero-order chi connectivity index (χ0) is 14.5. The number of rotatable bonds is 4. The van der Waals surface area contributed by atoms with Gasteiger partial charge in [-0.05, 0) is 37.1 Å². The second-order valence-corrected chi connectivity index (χ2v) is 5.35. The molecule has 1 amide bonds. The van der Waals surface area contributed by atoms with Crippen molar-refractivity contribution in [2.75, 3.05) is 11.9 Å². The van der Waals surface area contributed by atoms with Crippen LogP contribution in [0.25, 0.3) is 0 Å². The van der Waals surface area contributed by atoms with Gasteiger partial charge in [0.05, 0.1) is 12.6 Å². The van der Waals surface area contributed by atoms with Gasteiger partial charge < -0.3 is 10.6 Å². The highest BCUT2D eigenvalue weighted by atomic mass is 16.2. The lowest BCUT2D eigenvalue weighted by Gasteiger charge is -2.23. The van der Waals surface area contributed by atoms with Crippen LogP contribution in [0.1, 0.15) is 24.8 Å². The lowest BCUT2D eigenvalue weighted by molar-refractivity contribution is -0.118. The fourth-order valence-electron chi connectivity index (χ4n) is 2.64. The van der Waals surface area contributed by atoms with Crippen molar-refractivity contribution in [3.05, 3.63) is 48.3 Å². The summed E-state index contributed by atoms with van der Waals surface area (Å²) >= 11 is 0. The molecule has 0 spiro atoms. The third-order valence-electron chi connectivity index (χ3n) is 3.79. The summed E-state index contributed by atoms with van der Waals surface area (Å²) < 4.78 is 1.85. The highest BCUT2D eigenvalue weighted by molar-refractivity contribution is 5.95. The van der Waals surface area contributed by atoms with Gasteiger partial charge in [-0.1, -0.05) is 24.6 Å². The summed E-state index contributed by atoms with van der Waals surface area (Å²) in [6.45, 7) is 1.58. The largest absolute Gasteiger partial charge is 0.324 e. The first kappa shape index (κ1) is 13.8. The average molecular weight is 284 g/mol. The van der Waals surface area contributed by atoms with Gasteiger partial charge in [0.25, 0.3) is 0 Å². The molecule has 0 radical (unpaired) electrons. The van der Waals surface area contributed by atoms with Crippen LogP contribution in [0.5, 0.6) is 0 Å². The van der Waals surface area contributed by atoms with E-state index in [0.29, 0.717) is 6.54 Å². The molecule has 1 aliphatic heterocycles. The summed E-state index contributed by atoms with van der Waals surface area (Å²) in [6.07, 6.45) is 6.85. The molecule has 2 N–H and O–H groups in total. The van der Waals surface area contributed by atoms with E-state index in [4.69, 9.17) is 0 Å². The molecule has 1 fully saturated rings. The summed E-state index contributed by atoms with van der Waals surface area (Å²) in [5, 5.41) is 10.5. The van der Waals surface area contributed by atoms with Crippen molar-refractivity contribution in [1.29, 1.82) is 0 Å². The Labute approximate surface area is 124 Å². The summed E-state index contributed by atoms with van der Waals surface area (Å²) in [6, 6.07) is 9.71. The summed E-state index contributed by atoms with van der Waals surface area (Å²) in [5.41, 5.74) is 1.93. The molecular formula is C16H20N4O. The minimum atomic E-state index is -0.0727. The Balaban J connectivity index is 1.71. The Morgan fingerprint density at radius 3 is 3.00 bits per heavy atom. The van der Waals surface area contributed by atoms with Crippen LogP contribution < -0.4 is 10.6 Å². The third-order valence-corrected chi connectivity index (χ3v) is 3.79. The van der Waals surface area contributed by atoms with Gasteiger partial charge in [0, 0.05) is 18.1 Å². The van der Waals surface area contributed by atoms with Crippen molar-refractivity contribution in [1.82, 2.24) is 15.1 Å². The lowest BCUT2D eigenvalue weighted by atomic mass is 10.0. The molecule has 0 saturated carbocycles. The van der Waals surface area contributed by atoms with Crippen LogP contribution in [0, 0.1) is 0 Å². The fraction of sp³-hybridized carbons (Fsp3) is 0.375. The van der Waals surface area contributed by atoms with E-state index in [1.807, 2.05) is 41.2 Å². The Kier molecular flexibility index (Phi) is 4.31. The van der Waals surface area contributed by atoms with E-state index in [-0.39, 0.29) is 11.9 Å². The highest BCUT2D eigenvalue weighted by Gasteiger charge is 2.21. The number of nitrogens with zero attached hydrogens (tertiary/aromatic N) is 2. The molecular weight excluding hydrogens is 264 g/mol. The van der Waals surface area contributed by atoms with Crippen LogP contribution in [-0.4, -0.2) is 28.3 Å². The number of anilines is 1. The van der Waals surface area contributed by atoms with Gasteiger partial charge in [0.15, 0.2) is 0 Å². The number of amides is 1. The second-order valence-electron chi connectivity index (χ2n) is 5.35. The Morgan fingerprint density at radius 1 is 1.33 bits per heavy atom. The molecule has 1 saturated heterocycles. The fourth-order valence-corrected chi connectivity index (χ4v) is 2.64. The summed E-state index contributed by atoms with van der Waals surface area (Å²) in [4.78, 5) is 12.3. The van der Waals surface area contributed by atoms with Gasteiger partial charge in [0.2, 0.25) is 5.91 Å². The van der Waals surface area contributed by atoms with E-state index in [2.05, 4.69) is 15.7 Å². The molecule has 1 aromatic carbocycles. The molecule has 3 rings (SSSR count). The molecule has 1 aliphatic rings. The monoisotopic (exact) mass is 284 g/mol. The molecule has 2 aromatic rings. The number of benzene rings is 1. The molecule has 1 atom stereocenters. The third kappa shape index (κ3) is 3.49. The van der Waals surface area contributed by atoms with Gasteiger partial charge in [0.1, 0.15) is 0 Å². The first-order valence-corrected chi connectivity index (χ1v) is 7.42. The number of carbonyl (C=O) groups excluding carboxylic acids is 1. The van der Waals surface area contributed by atoms with Gasteiger partial charge in [-0.15, -0.1) is 0 Å². The Morgan fingerprint density at radius 2 is 2.24 bits per heavy atom. The minimum absolute atomic E-state index is 0.0580. The van der Waals surface area contributed by atoms with Crippen molar-refractivity contribution in [2.45, 2.75) is 31.8 Å². The van der Waals surface area contributed by atoms with E-state index in [1.165, 1.54) is 0 Å². The maximum Gasteiger partial charge on any atom is 0.241 e. The predicted molar refractivity (Wildman–Crippen MR) is 82.0 cm³/mol. The number of nitrogens with one attached hydrogen (secondary N) is 2. The van der Waals surface area contributed by atoms with Gasteiger partial charge in [-0.2, -0.15) is 5.10 Å². The van der Waals surface area contributed by atoms with Crippen molar-refractivity contribution >= 4 is 11.6 Å². The van der Waals surface area contributed by atoms with Crippen molar-refractivity contribution < 1.29 is 4.79 Å². The van der Waals surface area contributed by atoms with Gasteiger partial charge in [-0.3, -0.25) is 9.48 Å². The van der Waals surface area contributed by atoms with E-state index in [1.54, 1.807) is 6.20 Å². The van der Waals surface area contributed by atoms with Crippen LogP contribution >= 0.6 is 0 Å². The molecule has 0 bridgehead atoms. The van der Waals surface area contributed by atoms with Gasteiger partial charge >= 0.3 is 0 Å². The number of para-hydroxylation sites is 1. The van der Waals surface area contributed by atoms with Crippen LogP contribution in [-0.2, 0) is 11.3 Å². The number of piperidine rings is 1. The van der Waals surface area contributed by atoms with Crippen molar-refractivity contribution in [3.8, 4) is 0 Å². The summed E-state index contributed by atoms with van der Waals surface area (Å²) in [5.74, 6) is 0.0580. The number of hydrogen-bond acceptors (Lipinski definition) is 3. The zero-order valence-corrected chi connectivity index (χ0v) is 12.0. The number of carbonyl (C=O) groups is 1. The quantitative estimate of drug-likeness (QED) is 0.903. The van der Waals surface area contributed by atoms with Crippen LogP contribution in [0.3, 0.4) is 0 Å². The van der Waals surface area contributed by atoms with E-state index < -0.39 is 0 Å². The maximum absolute atomic E-state index is 12.3.